The Morgan fingerprint density at radius 2 is 2.18 bits per heavy atom. The molecule has 2 heterocycles. The van der Waals surface area contributed by atoms with Gasteiger partial charge in [-0.25, -0.2) is 4.68 Å². The van der Waals surface area contributed by atoms with E-state index in [1.165, 1.54) is 11.5 Å². The van der Waals surface area contributed by atoms with Crippen molar-refractivity contribution in [3.8, 4) is 6.07 Å². The second kappa shape index (κ2) is 4.38. The van der Waals surface area contributed by atoms with Gasteiger partial charge in [-0.05, 0) is 42.5 Å². The molecule has 1 aliphatic heterocycles. The molecule has 0 unspecified atom stereocenters. The molecule has 1 saturated heterocycles. The highest BCUT2D eigenvalue weighted by atomic mass is 32.2. The van der Waals surface area contributed by atoms with E-state index >= 15 is 0 Å². The monoisotopic (exact) mass is 244 g/mol. The molecule has 1 aromatic heterocycles. The zero-order chi connectivity index (χ0) is 11.7. The summed E-state index contributed by atoms with van der Waals surface area (Å²) >= 11 is 2.00. The molecule has 4 nitrogen and oxygen atoms in total. The number of fused-ring (bicyclic) bond motifs is 1. The van der Waals surface area contributed by atoms with Crippen LogP contribution >= 0.6 is 11.8 Å². The summed E-state index contributed by atoms with van der Waals surface area (Å²) in [6, 6.07) is 8.18. The van der Waals surface area contributed by atoms with Gasteiger partial charge in [0, 0.05) is 0 Å². The van der Waals surface area contributed by atoms with E-state index in [1.807, 2.05) is 28.6 Å². The highest BCUT2D eigenvalue weighted by Gasteiger charge is 2.18. The van der Waals surface area contributed by atoms with Crippen molar-refractivity contribution in [3.05, 3.63) is 23.8 Å². The van der Waals surface area contributed by atoms with Crippen LogP contribution in [-0.2, 0) is 0 Å². The van der Waals surface area contributed by atoms with Crippen LogP contribution in [0.4, 0.5) is 0 Å². The first-order valence-electron chi connectivity index (χ1n) is 5.71. The average molecular weight is 244 g/mol. The number of nitriles is 1. The van der Waals surface area contributed by atoms with Gasteiger partial charge in [0.05, 0.1) is 23.2 Å². The van der Waals surface area contributed by atoms with Crippen molar-refractivity contribution in [2.24, 2.45) is 0 Å². The molecule has 1 fully saturated rings. The van der Waals surface area contributed by atoms with Gasteiger partial charge in [-0.15, -0.1) is 5.10 Å². The molecule has 0 bridgehead atoms. The summed E-state index contributed by atoms with van der Waals surface area (Å²) in [4.78, 5) is 0. The van der Waals surface area contributed by atoms with Gasteiger partial charge in [0.25, 0.3) is 0 Å². The Balaban J connectivity index is 2.03. The molecule has 2 aromatic rings. The molecule has 0 radical (unpaired) electrons. The SMILES string of the molecule is N#Cc1ccc2c(c1)nnn2C1CCSCC1. The summed E-state index contributed by atoms with van der Waals surface area (Å²) in [5.41, 5.74) is 2.51. The summed E-state index contributed by atoms with van der Waals surface area (Å²) < 4.78 is 2.02. The Bertz CT molecular complexity index is 578. The maximum atomic E-state index is 8.84. The van der Waals surface area contributed by atoms with E-state index in [9.17, 15) is 0 Å². The fraction of sp³-hybridized carbons (Fsp3) is 0.417. The van der Waals surface area contributed by atoms with E-state index < -0.39 is 0 Å². The lowest BCUT2D eigenvalue weighted by Crippen LogP contribution is -2.16. The fourth-order valence-corrected chi connectivity index (χ4v) is 3.29. The van der Waals surface area contributed by atoms with Crippen LogP contribution in [0.3, 0.4) is 0 Å². The molecule has 0 aliphatic carbocycles. The molecule has 5 heteroatoms. The predicted octanol–water partition coefficient (Wildman–Crippen LogP) is 2.37. The van der Waals surface area contributed by atoms with Crippen LogP contribution in [0.2, 0.25) is 0 Å². The topological polar surface area (TPSA) is 54.5 Å². The van der Waals surface area contributed by atoms with Crippen LogP contribution in [0.25, 0.3) is 11.0 Å². The number of aromatic nitrogens is 3. The number of benzene rings is 1. The van der Waals surface area contributed by atoms with Gasteiger partial charge in [-0.2, -0.15) is 17.0 Å². The standard InChI is InChI=1S/C12H12N4S/c13-8-9-1-2-12-11(7-9)14-15-16(12)10-3-5-17-6-4-10/h1-2,7,10H,3-6H2. The Morgan fingerprint density at radius 1 is 1.35 bits per heavy atom. The van der Waals surface area contributed by atoms with Gasteiger partial charge in [-0.1, -0.05) is 5.21 Å². The van der Waals surface area contributed by atoms with Gasteiger partial charge >= 0.3 is 0 Å². The lowest BCUT2D eigenvalue weighted by Gasteiger charge is -2.21. The van der Waals surface area contributed by atoms with Gasteiger partial charge in [0.2, 0.25) is 0 Å². The van der Waals surface area contributed by atoms with Gasteiger partial charge in [0.1, 0.15) is 5.52 Å². The van der Waals surface area contributed by atoms with Crippen molar-refractivity contribution in [1.82, 2.24) is 15.0 Å². The molecule has 1 aliphatic rings. The third kappa shape index (κ3) is 1.89. The average Bonchev–Trinajstić information content (AvgIpc) is 2.82. The van der Waals surface area contributed by atoms with Gasteiger partial charge in [-0.3, -0.25) is 0 Å². The van der Waals surface area contributed by atoms with Crippen molar-refractivity contribution in [2.45, 2.75) is 18.9 Å². The first kappa shape index (κ1) is 10.6. The first-order valence-corrected chi connectivity index (χ1v) is 6.87. The first-order chi connectivity index (χ1) is 8.38. The quantitative estimate of drug-likeness (QED) is 0.772. The smallest absolute Gasteiger partial charge is 0.114 e. The number of rotatable bonds is 1. The number of thioether (sulfide) groups is 1. The van der Waals surface area contributed by atoms with Crippen molar-refractivity contribution in [3.63, 3.8) is 0 Å². The Kier molecular flexibility index (Phi) is 2.73. The summed E-state index contributed by atoms with van der Waals surface area (Å²) in [5.74, 6) is 2.39. The van der Waals surface area contributed by atoms with Gasteiger partial charge < -0.3 is 0 Å². The predicted molar refractivity (Wildman–Crippen MR) is 67.8 cm³/mol. The maximum absolute atomic E-state index is 8.84. The minimum absolute atomic E-state index is 0.467. The largest absolute Gasteiger partial charge is 0.242 e. The molecule has 0 saturated carbocycles. The molecule has 0 spiro atoms. The third-order valence-electron chi connectivity index (χ3n) is 3.14. The third-order valence-corrected chi connectivity index (χ3v) is 4.19. The zero-order valence-corrected chi connectivity index (χ0v) is 10.2. The molecule has 3 rings (SSSR count). The van der Waals surface area contributed by atoms with Crippen molar-refractivity contribution in [1.29, 1.82) is 5.26 Å². The van der Waals surface area contributed by atoms with Crippen molar-refractivity contribution < 1.29 is 0 Å². The van der Waals surface area contributed by atoms with E-state index in [4.69, 9.17) is 5.26 Å². The Hall–Kier alpha value is -1.54. The summed E-state index contributed by atoms with van der Waals surface area (Å²) in [7, 11) is 0. The fourth-order valence-electron chi connectivity index (χ4n) is 2.21. The summed E-state index contributed by atoms with van der Waals surface area (Å²) in [6.07, 6.45) is 2.31. The number of hydrogen-bond donors (Lipinski definition) is 0. The molecular weight excluding hydrogens is 232 g/mol. The van der Waals surface area contributed by atoms with Crippen LogP contribution in [-0.4, -0.2) is 26.5 Å². The summed E-state index contributed by atoms with van der Waals surface area (Å²) in [5, 5.41) is 17.2. The van der Waals surface area contributed by atoms with E-state index in [2.05, 4.69) is 16.4 Å². The highest BCUT2D eigenvalue weighted by Crippen LogP contribution is 2.28. The molecule has 0 amide bonds. The van der Waals surface area contributed by atoms with Crippen LogP contribution < -0.4 is 0 Å². The van der Waals surface area contributed by atoms with Crippen LogP contribution in [0.1, 0.15) is 24.4 Å². The number of nitrogens with zero attached hydrogens (tertiary/aromatic N) is 4. The lowest BCUT2D eigenvalue weighted by atomic mass is 10.1. The van der Waals surface area contributed by atoms with Crippen molar-refractivity contribution >= 4 is 22.8 Å². The molecule has 17 heavy (non-hydrogen) atoms. The van der Waals surface area contributed by atoms with Crippen LogP contribution in [0.5, 0.6) is 0 Å². The molecule has 0 atom stereocenters. The second-order valence-corrected chi connectivity index (χ2v) is 5.42. The van der Waals surface area contributed by atoms with E-state index in [-0.39, 0.29) is 0 Å². The van der Waals surface area contributed by atoms with Crippen LogP contribution in [0, 0.1) is 11.3 Å². The Labute approximate surface area is 104 Å². The van der Waals surface area contributed by atoms with Crippen LogP contribution in [0.15, 0.2) is 18.2 Å². The molecular formula is C12H12N4S. The molecule has 1 aromatic carbocycles. The maximum Gasteiger partial charge on any atom is 0.114 e. The van der Waals surface area contributed by atoms with E-state index in [0.29, 0.717) is 11.6 Å². The minimum Gasteiger partial charge on any atom is -0.242 e. The molecule has 86 valence electrons. The van der Waals surface area contributed by atoms with E-state index in [0.717, 1.165) is 23.9 Å². The van der Waals surface area contributed by atoms with E-state index in [1.54, 1.807) is 6.07 Å². The normalized spacial score (nSPS) is 17.1. The highest BCUT2D eigenvalue weighted by molar-refractivity contribution is 7.99. The summed E-state index contributed by atoms with van der Waals surface area (Å²) in [6.45, 7) is 0. The molecule has 0 N–H and O–H groups in total. The van der Waals surface area contributed by atoms with Gasteiger partial charge in [0.15, 0.2) is 0 Å². The second-order valence-electron chi connectivity index (χ2n) is 4.19. The zero-order valence-electron chi connectivity index (χ0n) is 9.33. The lowest BCUT2D eigenvalue weighted by molar-refractivity contribution is 0.428. The minimum atomic E-state index is 0.467. The Morgan fingerprint density at radius 3 is 2.94 bits per heavy atom. The van der Waals surface area contributed by atoms with Crippen molar-refractivity contribution in [2.75, 3.05) is 11.5 Å². The number of hydrogen-bond acceptors (Lipinski definition) is 4.